The summed E-state index contributed by atoms with van der Waals surface area (Å²) in [5, 5.41) is 9.24. The number of amides is 1. The van der Waals surface area contributed by atoms with Gasteiger partial charge in [0.2, 0.25) is 15.9 Å². The Balaban J connectivity index is 2.07. The molecular weight excluding hydrogens is 376 g/mol. The summed E-state index contributed by atoms with van der Waals surface area (Å²) >= 11 is 0. The normalized spacial score (nSPS) is 11.9. The predicted octanol–water partition coefficient (Wildman–Crippen LogP) is 2.41. The van der Waals surface area contributed by atoms with Crippen molar-refractivity contribution in [2.75, 3.05) is 13.2 Å². The monoisotopic (exact) mass is 402 g/mol. The Kier molecular flexibility index (Phi) is 7.92. The average molecular weight is 403 g/mol. The van der Waals surface area contributed by atoms with Crippen LogP contribution >= 0.6 is 0 Å². The Morgan fingerprint density at radius 1 is 1.11 bits per heavy atom. The van der Waals surface area contributed by atoms with E-state index in [0.29, 0.717) is 12.1 Å². The maximum Gasteiger partial charge on any atom is 0.246 e. The first-order valence-corrected chi connectivity index (χ1v) is 10.5. The second-order valence-electron chi connectivity index (χ2n) is 6.65. The van der Waals surface area contributed by atoms with Crippen LogP contribution in [0.4, 0.5) is 0 Å². The number of hydrogen-bond acceptors (Lipinski definition) is 4. The standard InChI is InChI=1S/C21H26N2O4S/c1-17(2)22-28(26,27)20-11-8-18(9-12-20)10-13-21(25)23(14-15-24)16-19-6-4-3-5-7-19/h3-13,17,22,24H,14-16H2,1-2H3/b13-10+. The van der Waals surface area contributed by atoms with E-state index in [2.05, 4.69) is 4.72 Å². The van der Waals surface area contributed by atoms with Crippen LogP contribution in [0.5, 0.6) is 0 Å². The molecule has 0 fully saturated rings. The van der Waals surface area contributed by atoms with Crippen molar-refractivity contribution in [1.29, 1.82) is 0 Å². The lowest BCUT2D eigenvalue weighted by Gasteiger charge is -2.20. The summed E-state index contributed by atoms with van der Waals surface area (Å²) in [6.07, 6.45) is 3.05. The van der Waals surface area contributed by atoms with Crippen molar-refractivity contribution in [1.82, 2.24) is 9.62 Å². The number of nitrogens with one attached hydrogen (secondary N) is 1. The summed E-state index contributed by atoms with van der Waals surface area (Å²) < 4.78 is 26.8. The van der Waals surface area contributed by atoms with Gasteiger partial charge in [-0.15, -0.1) is 0 Å². The van der Waals surface area contributed by atoms with Gasteiger partial charge in [-0.05, 0) is 43.2 Å². The molecule has 0 heterocycles. The number of rotatable bonds is 9. The van der Waals surface area contributed by atoms with Crippen LogP contribution in [0.3, 0.4) is 0 Å². The summed E-state index contributed by atoms with van der Waals surface area (Å²) in [6, 6.07) is 15.7. The third kappa shape index (κ3) is 6.60. The lowest BCUT2D eigenvalue weighted by atomic mass is 10.2. The Hall–Kier alpha value is -2.48. The van der Waals surface area contributed by atoms with Gasteiger partial charge < -0.3 is 10.0 Å². The number of sulfonamides is 1. The van der Waals surface area contributed by atoms with E-state index in [1.165, 1.54) is 18.2 Å². The quantitative estimate of drug-likeness (QED) is 0.631. The lowest BCUT2D eigenvalue weighted by Crippen LogP contribution is -2.31. The highest BCUT2D eigenvalue weighted by atomic mass is 32.2. The Morgan fingerprint density at radius 3 is 2.32 bits per heavy atom. The molecule has 6 nitrogen and oxygen atoms in total. The minimum atomic E-state index is -3.54. The van der Waals surface area contributed by atoms with Gasteiger partial charge in [-0.3, -0.25) is 4.79 Å². The molecule has 0 radical (unpaired) electrons. The molecule has 0 bridgehead atoms. The first-order chi connectivity index (χ1) is 13.3. The Bertz CT molecular complexity index is 892. The first-order valence-electron chi connectivity index (χ1n) is 9.06. The van der Waals surface area contributed by atoms with E-state index >= 15 is 0 Å². The maximum absolute atomic E-state index is 12.5. The molecule has 0 aromatic heterocycles. The van der Waals surface area contributed by atoms with Gasteiger partial charge in [0.05, 0.1) is 11.5 Å². The van der Waals surface area contributed by atoms with Crippen molar-refractivity contribution < 1.29 is 18.3 Å². The van der Waals surface area contributed by atoms with E-state index in [0.717, 1.165) is 5.56 Å². The number of aliphatic hydroxyl groups excluding tert-OH is 1. The number of carbonyl (C=O) groups is 1. The molecule has 0 saturated heterocycles. The second kappa shape index (κ2) is 10.2. The molecule has 2 rings (SSSR count). The summed E-state index contributed by atoms with van der Waals surface area (Å²) in [5.74, 6) is -0.226. The molecule has 150 valence electrons. The summed E-state index contributed by atoms with van der Waals surface area (Å²) in [5.41, 5.74) is 1.69. The van der Waals surface area contributed by atoms with Crippen LogP contribution in [0.25, 0.3) is 6.08 Å². The summed E-state index contributed by atoms with van der Waals surface area (Å²) in [6.45, 7) is 4.03. The number of aliphatic hydroxyl groups is 1. The Morgan fingerprint density at radius 2 is 1.75 bits per heavy atom. The minimum Gasteiger partial charge on any atom is -0.395 e. The second-order valence-corrected chi connectivity index (χ2v) is 8.36. The van der Waals surface area contributed by atoms with Crippen LogP contribution in [-0.4, -0.2) is 43.5 Å². The average Bonchev–Trinajstić information content (AvgIpc) is 2.66. The van der Waals surface area contributed by atoms with E-state index in [1.807, 2.05) is 30.3 Å². The zero-order valence-corrected chi connectivity index (χ0v) is 16.9. The van der Waals surface area contributed by atoms with Crippen LogP contribution in [0.2, 0.25) is 0 Å². The molecule has 2 aromatic carbocycles. The van der Waals surface area contributed by atoms with Crippen LogP contribution in [0.1, 0.15) is 25.0 Å². The van der Waals surface area contributed by atoms with Crippen LogP contribution in [0, 0.1) is 0 Å². The topological polar surface area (TPSA) is 86.7 Å². The molecule has 28 heavy (non-hydrogen) atoms. The van der Waals surface area contributed by atoms with Gasteiger partial charge in [-0.1, -0.05) is 42.5 Å². The number of nitrogens with zero attached hydrogens (tertiary/aromatic N) is 1. The molecule has 7 heteroatoms. The zero-order valence-electron chi connectivity index (χ0n) is 16.1. The van der Waals surface area contributed by atoms with E-state index in [-0.39, 0.29) is 30.0 Å². The SMILES string of the molecule is CC(C)NS(=O)(=O)c1ccc(/C=C/C(=O)N(CCO)Cc2ccccc2)cc1. The van der Waals surface area contributed by atoms with Gasteiger partial charge in [-0.25, -0.2) is 13.1 Å². The first kappa shape index (κ1) is 21.8. The van der Waals surface area contributed by atoms with E-state index in [4.69, 9.17) is 0 Å². The fourth-order valence-electron chi connectivity index (χ4n) is 2.60. The molecule has 0 aliphatic rings. The fourth-order valence-corrected chi connectivity index (χ4v) is 3.85. The summed E-state index contributed by atoms with van der Waals surface area (Å²) in [4.78, 5) is 14.2. The third-order valence-electron chi connectivity index (χ3n) is 3.90. The largest absolute Gasteiger partial charge is 0.395 e. The Labute approximate surface area is 166 Å². The van der Waals surface area contributed by atoms with E-state index in [1.54, 1.807) is 37.0 Å². The van der Waals surface area contributed by atoms with Crippen LogP contribution < -0.4 is 4.72 Å². The highest BCUT2D eigenvalue weighted by Crippen LogP contribution is 2.13. The number of carbonyl (C=O) groups excluding carboxylic acids is 1. The molecule has 0 atom stereocenters. The van der Waals surface area contributed by atoms with Gasteiger partial charge in [0.1, 0.15) is 0 Å². The molecule has 0 aliphatic carbocycles. The van der Waals surface area contributed by atoms with E-state index < -0.39 is 10.0 Å². The fraction of sp³-hybridized carbons (Fsp3) is 0.286. The molecule has 1 amide bonds. The molecule has 2 N–H and O–H groups in total. The number of benzene rings is 2. The van der Waals surface area contributed by atoms with Crippen LogP contribution in [-0.2, 0) is 21.4 Å². The predicted molar refractivity (Wildman–Crippen MR) is 110 cm³/mol. The van der Waals surface area contributed by atoms with Crippen molar-refractivity contribution >= 4 is 22.0 Å². The van der Waals surface area contributed by atoms with Gasteiger partial charge >= 0.3 is 0 Å². The van der Waals surface area contributed by atoms with Crippen molar-refractivity contribution in [2.45, 2.75) is 31.3 Å². The molecule has 2 aromatic rings. The zero-order chi connectivity index (χ0) is 20.6. The molecular formula is C21H26N2O4S. The van der Waals surface area contributed by atoms with Gasteiger partial charge in [0.15, 0.2) is 0 Å². The van der Waals surface area contributed by atoms with Gasteiger partial charge in [0.25, 0.3) is 0 Å². The van der Waals surface area contributed by atoms with Gasteiger partial charge in [0, 0.05) is 25.2 Å². The minimum absolute atomic E-state index is 0.123. The number of hydrogen-bond donors (Lipinski definition) is 2. The highest BCUT2D eigenvalue weighted by molar-refractivity contribution is 7.89. The molecule has 0 aliphatic heterocycles. The van der Waals surface area contributed by atoms with Crippen molar-refractivity contribution in [3.63, 3.8) is 0 Å². The molecule has 0 unspecified atom stereocenters. The molecule has 0 spiro atoms. The molecule has 0 saturated carbocycles. The van der Waals surface area contributed by atoms with Crippen molar-refractivity contribution in [3.8, 4) is 0 Å². The third-order valence-corrected chi connectivity index (χ3v) is 5.57. The lowest BCUT2D eigenvalue weighted by molar-refractivity contribution is -0.127. The maximum atomic E-state index is 12.5. The smallest absolute Gasteiger partial charge is 0.246 e. The van der Waals surface area contributed by atoms with Gasteiger partial charge in [-0.2, -0.15) is 0 Å². The van der Waals surface area contributed by atoms with E-state index in [9.17, 15) is 18.3 Å². The summed E-state index contributed by atoms with van der Waals surface area (Å²) in [7, 11) is -3.54. The van der Waals surface area contributed by atoms with Crippen LogP contribution in [0.15, 0.2) is 65.6 Å². The highest BCUT2D eigenvalue weighted by Gasteiger charge is 2.15. The van der Waals surface area contributed by atoms with Crippen molar-refractivity contribution in [3.05, 3.63) is 71.8 Å². The van der Waals surface area contributed by atoms with Crippen molar-refractivity contribution in [2.24, 2.45) is 0 Å².